The van der Waals surface area contributed by atoms with Gasteiger partial charge in [-0.3, -0.25) is 9.69 Å². The molecule has 3 rings (SSSR count). The molecule has 1 amide bonds. The molecule has 1 heterocycles. The molecule has 1 aliphatic heterocycles. The monoisotopic (exact) mass is 472 g/mol. The number of hydrogen-bond donors (Lipinski definition) is 2. The largest absolute Gasteiger partial charge is 0.369 e. The van der Waals surface area contributed by atoms with E-state index < -0.39 is 10.0 Å². The fourth-order valence-electron chi connectivity index (χ4n) is 4.10. The van der Waals surface area contributed by atoms with E-state index in [-0.39, 0.29) is 10.8 Å². The number of carbonyl (C=O) groups is 1. The van der Waals surface area contributed by atoms with Crippen molar-refractivity contribution in [2.45, 2.75) is 38.5 Å². The summed E-state index contributed by atoms with van der Waals surface area (Å²) in [5, 5.41) is 2.94. The van der Waals surface area contributed by atoms with Gasteiger partial charge in [0, 0.05) is 50.5 Å². The van der Waals surface area contributed by atoms with Crippen LogP contribution in [0, 0.1) is 13.8 Å². The van der Waals surface area contributed by atoms with Crippen LogP contribution in [0.15, 0.2) is 47.4 Å². The van der Waals surface area contributed by atoms with Gasteiger partial charge in [-0.1, -0.05) is 25.1 Å². The van der Waals surface area contributed by atoms with Crippen molar-refractivity contribution in [3.8, 4) is 0 Å². The second kappa shape index (κ2) is 11.6. The molecule has 8 heteroatoms. The summed E-state index contributed by atoms with van der Waals surface area (Å²) in [6.45, 7) is 11.7. The minimum absolute atomic E-state index is 0.116. The third-order valence-corrected chi connectivity index (χ3v) is 7.57. The molecule has 1 aliphatic rings. The van der Waals surface area contributed by atoms with Gasteiger partial charge in [-0.15, -0.1) is 0 Å². The van der Waals surface area contributed by atoms with Crippen molar-refractivity contribution in [2.75, 3.05) is 50.7 Å². The van der Waals surface area contributed by atoms with Gasteiger partial charge in [0.2, 0.25) is 10.0 Å². The fourth-order valence-corrected chi connectivity index (χ4v) is 5.17. The van der Waals surface area contributed by atoms with Gasteiger partial charge in [0.1, 0.15) is 0 Å². The Morgan fingerprint density at radius 3 is 2.45 bits per heavy atom. The number of piperazine rings is 1. The Morgan fingerprint density at radius 1 is 1.00 bits per heavy atom. The van der Waals surface area contributed by atoms with Crippen molar-refractivity contribution in [1.82, 2.24) is 14.9 Å². The fraction of sp³-hybridized carbons (Fsp3) is 0.480. The number of sulfonamides is 1. The van der Waals surface area contributed by atoms with Crippen LogP contribution in [-0.2, 0) is 10.0 Å². The van der Waals surface area contributed by atoms with Crippen LogP contribution in [0.1, 0.15) is 41.3 Å². The molecule has 7 nitrogen and oxygen atoms in total. The van der Waals surface area contributed by atoms with E-state index in [1.807, 2.05) is 6.92 Å². The van der Waals surface area contributed by atoms with Gasteiger partial charge in [-0.2, -0.15) is 0 Å². The molecule has 0 radical (unpaired) electrons. The maximum absolute atomic E-state index is 12.6. The molecule has 33 heavy (non-hydrogen) atoms. The topological polar surface area (TPSA) is 81.7 Å². The smallest absolute Gasteiger partial charge is 0.251 e. The number of aryl methyl sites for hydroxylation is 2. The Hall–Kier alpha value is -2.42. The number of hydrogen-bond acceptors (Lipinski definition) is 5. The van der Waals surface area contributed by atoms with Crippen LogP contribution in [-0.4, -0.2) is 65.0 Å². The van der Waals surface area contributed by atoms with Crippen molar-refractivity contribution >= 4 is 21.6 Å². The molecule has 0 aromatic heterocycles. The maximum Gasteiger partial charge on any atom is 0.251 e. The van der Waals surface area contributed by atoms with E-state index in [9.17, 15) is 13.2 Å². The van der Waals surface area contributed by atoms with E-state index in [1.165, 1.54) is 23.4 Å². The average Bonchev–Trinajstić information content (AvgIpc) is 2.79. The van der Waals surface area contributed by atoms with Crippen LogP contribution in [0.5, 0.6) is 0 Å². The number of benzene rings is 2. The standard InChI is InChI=1S/C25H36N4O3S/c1-4-27-33(31,32)23-11-10-21(3)24(19-23)25(30)26-12-5-6-13-28-14-16-29(17-15-28)22-9-7-8-20(2)18-22/h7-11,18-19,27H,4-6,12-17H2,1-3H3,(H,26,30). The van der Waals surface area contributed by atoms with Gasteiger partial charge in [-0.25, -0.2) is 13.1 Å². The lowest BCUT2D eigenvalue weighted by Gasteiger charge is -2.36. The van der Waals surface area contributed by atoms with Crippen molar-refractivity contribution in [2.24, 2.45) is 0 Å². The summed E-state index contributed by atoms with van der Waals surface area (Å²) in [6, 6.07) is 13.3. The lowest BCUT2D eigenvalue weighted by Crippen LogP contribution is -2.46. The highest BCUT2D eigenvalue weighted by Gasteiger charge is 2.18. The van der Waals surface area contributed by atoms with Gasteiger partial charge >= 0.3 is 0 Å². The minimum atomic E-state index is -3.59. The summed E-state index contributed by atoms with van der Waals surface area (Å²) in [5.74, 6) is -0.229. The Bertz CT molecular complexity index is 1050. The van der Waals surface area contributed by atoms with Gasteiger partial charge in [0.05, 0.1) is 4.90 Å². The predicted molar refractivity (Wildman–Crippen MR) is 133 cm³/mol. The Balaban J connectivity index is 1.40. The Morgan fingerprint density at radius 2 is 1.76 bits per heavy atom. The second-order valence-electron chi connectivity index (χ2n) is 8.61. The number of nitrogens with zero attached hydrogens (tertiary/aromatic N) is 2. The number of nitrogens with one attached hydrogen (secondary N) is 2. The summed E-state index contributed by atoms with van der Waals surface area (Å²) >= 11 is 0. The molecule has 180 valence electrons. The molecule has 0 unspecified atom stereocenters. The molecule has 0 spiro atoms. The highest BCUT2D eigenvalue weighted by atomic mass is 32.2. The average molecular weight is 473 g/mol. The first-order valence-corrected chi connectivity index (χ1v) is 13.2. The van der Waals surface area contributed by atoms with Crippen LogP contribution >= 0.6 is 0 Å². The summed E-state index contributed by atoms with van der Waals surface area (Å²) in [4.78, 5) is 17.7. The zero-order valence-corrected chi connectivity index (χ0v) is 20.7. The molecule has 0 saturated carbocycles. The number of unbranched alkanes of at least 4 members (excludes halogenated alkanes) is 1. The predicted octanol–water partition coefficient (Wildman–Crippen LogP) is 2.93. The van der Waals surface area contributed by atoms with Crippen molar-refractivity contribution < 1.29 is 13.2 Å². The van der Waals surface area contributed by atoms with Crippen molar-refractivity contribution in [3.05, 3.63) is 59.2 Å². The van der Waals surface area contributed by atoms with Crippen LogP contribution in [0.25, 0.3) is 0 Å². The molecule has 0 aliphatic carbocycles. The molecule has 2 aromatic carbocycles. The van der Waals surface area contributed by atoms with E-state index in [4.69, 9.17) is 0 Å². The SMILES string of the molecule is CCNS(=O)(=O)c1ccc(C)c(C(=O)NCCCCN2CCN(c3cccc(C)c3)CC2)c1. The first-order chi connectivity index (χ1) is 15.8. The zero-order chi connectivity index (χ0) is 23.8. The van der Waals surface area contributed by atoms with Crippen LogP contribution in [0.2, 0.25) is 0 Å². The quantitative estimate of drug-likeness (QED) is 0.520. The van der Waals surface area contributed by atoms with E-state index in [1.54, 1.807) is 13.0 Å². The second-order valence-corrected chi connectivity index (χ2v) is 10.4. The molecule has 1 saturated heterocycles. The number of anilines is 1. The molecule has 0 atom stereocenters. The molecule has 0 bridgehead atoms. The summed E-state index contributed by atoms with van der Waals surface area (Å²) in [6.07, 6.45) is 1.90. The highest BCUT2D eigenvalue weighted by Crippen LogP contribution is 2.18. The normalized spacial score (nSPS) is 14.9. The lowest BCUT2D eigenvalue weighted by molar-refractivity contribution is 0.0951. The van der Waals surface area contributed by atoms with E-state index in [2.05, 4.69) is 51.0 Å². The maximum atomic E-state index is 12.6. The van der Waals surface area contributed by atoms with Crippen molar-refractivity contribution in [3.63, 3.8) is 0 Å². The number of amides is 1. The van der Waals surface area contributed by atoms with Crippen molar-refractivity contribution in [1.29, 1.82) is 0 Å². The van der Waals surface area contributed by atoms with E-state index >= 15 is 0 Å². The van der Waals surface area contributed by atoms with Crippen LogP contribution in [0.3, 0.4) is 0 Å². The van der Waals surface area contributed by atoms with E-state index in [0.29, 0.717) is 18.7 Å². The highest BCUT2D eigenvalue weighted by molar-refractivity contribution is 7.89. The van der Waals surface area contributed by atoms with Crippen LogP contribution in [0.4, 0.5) is 5.69 Å². The Labute approximate surface area is 198 Å². The molecule has 2 aromatic rings. The summed E-state index contributed by atoms with van der Waals surface area (Å²) < 4.78 is 26.9. The van der Waals surface area contributed by atoms with Gasteiger partial charge < -0.3 is 10.2 Å². The lowest BCUT2D eigenvalue weighted by atomic mass is 10.1. The molecule has 1 fully saturated rings. The molecule has 2 N–H and O–H groups in total. The number of carbonyl (C=O) groups excluding carboxylic acids is 1. The Kier molecular flexibility index (Phi) is 8.88. The van der Waals surface area contributed by atoms with Gasteiger partial charge in [0.25, 0.3) is 5.91 Å². The first-order valence-electron chi connectivity index (χ1n) is 11.7. The third-order valence-electron chi connectivity index (χ3n) is 6.02. The van der Waals surface area contributed by atoms with Crippen LogP contribution < -0.4 is 14.9 Å². The first kappa shape index (κ1) is 25.2. The molecular formula is C25H36N4O3S. The molecular weight excluding hydrogens is 436 g/mol. The minimum Gasteiger partial charge on any atom is -0.369 e. The third kappa shape index (κ3) is 7.03. The van der Waals surface area contributed by atoms with Gasteiger partial charge in [-0.05, 0) is 68.6 Å². The van der Waals surface area contributed by atoms with Gasteiger partial charge in [0.15, 0.2) is 0 Å². The number of rotatable bonds is 10. The summed E-state index contributed by atoms with van der Waals surface area (Å²) in [7, 11) is -3.59. The van der Waals surface area contributed by atoms with E-state index in [0.717, 1.165) is 51.1 Å². The summed E-state index contributed by atoms with van der Waals surface area (Å²) in [5.41, 5.74) is 3.75. The zero-order valence-electron chi connectivity index (χ0n) is 19.9.